The number of fused-ring (bicyclic) bond motifs is 1. The summed E-state index contributed by atoms with van der Waals surface area (Å²) in [4.78, 5) is 22.5. The molecule has 6 nitrogen and oxygen atoms in total. The molecule has 2 aliphatic rings. The lowest BCUT2D eigenvalue weighted by molar-refractivity contribution is -0.152. The highest BCUT2D eigenvalue weighted by molar-refractivity contribution is 5.76. The molecule has 6 heteroatoms. The molecule has 2 saturated heterocycles. The highest BCUT2D eigenvalue weighted by atomic mass is 16.8. The number of epoxide rings is 1. The van der Waals surface area contributed by atoms with Crippen LogP contribution in [-0.2, 0) is 23.8 Å². The van der Waals surface area contributed by atoms with Crippen LogP contribution < -0.4 is 0 Å². The number of rotatable bonds is 4. The fourth-order valence-corrected chi connectivity index (χ4v) is 3.82. The Kier molecular flexibility index (Phi) is 11.5. The van der Waals surface area contributed by atoms with Gasteiger partial charge in [-0.2, -0.15) is 0 Å². The topological polar surface area (TPSA) is 85.4 Å². The predicted molar refractivity (Wildman–Crippen MR) is 106 cm³/mol. The third-order valence-electron chi connectivity index (χ3n) is 5.59. The second-order valence-corrected chi connectivity index (χ2v) is 8.17. The van der Waals surface area contributed by atoms with Gasteiger partial charge in [0.15, 0.2) is 6.29 Å². The van der Waals surface area contributed by atoms with Crippen LogP contribution in [0.4, 0.5) is 0 Å². The Bertz CT molecular complexity index is 452. The van der Waals surface area contributed by atoms with E-state index in [1.54, 1.807) is 0 Å². The molecule has 0 saturated carbocycles. The summed E-state index contributed by atoms with van der Waals surface area (Å²) >= 11 is 0. The average molecular weight is 399 g/mol. The Hall–Kier alpha value is -1.14. The third-order valence-corrected chi connectivity index (χ3v) is 5.59. The van der Waals surface area contributed by atoms with Crippen molar-refractivity contribution in [1.29, 1.82) is 0 Å². The van der Waals surface area contributed by atoms with E-state index in [1.165, 1.54) is 38.5 Å². The fraction of sp³-hybridized carbons (Fsp3) is 0.909. The van der Waals surface area contributed by atoms with E-state index in [0.29, 0.717) is 0 Å². The van der Waals surface area contributed by atoms with Crippen LogP contribution >= 0.6 is 0 Å². The minimum absolute atomic E-state index is 0.0185. The molecule has 162 valence electrons. The number of aliphatic carboxylic acids is 1. The molecule has 3 atom stereocenters. The normalized spacial score (nSPS) is 28.8. The predicted octanol–water partition coefficient (Wildman–Crippen LogP) is 4.98. The summed E-state index contributed by atoms with van der Waals surface area (Å²) < 4.78 is 16.9. The van der Waals surface area contributed by atoms with Gasteiger partial charge in [-0.05, 0) is 38.5 Å². The second-order valence-electron chi connectivity index (χ2n) is 8.17. The fourth-order valence-electron chi connectivity index (χ4n) is 3.82. The highest BCUT2D eigenvalue weighted by Crippen LogP contribution is 2.29. The van der Waals surface area contributed by atoms with Gasteiger partial charge >= 0.3 is 11.9 Å². The first kappa shape index (κ1) is 23.1. The Balaban J connectivity index is 1.71. The first-order chi connectivity index (χ1) is 13.6. The van der Waals surface area contributed by atoms with Gasteiger partial charge in [0, 0.05) is 6.61 Å². The molecule has 2 aliphatic heterocycles. The minimum atomic E-state index is -0.956. The van der Waals surface area contributed by atoms with Gasteiger partial charge in [-0.1, -0.05) is 51.4 Å². The van der Waals surface area contributed by atoms with E-state index in [0.717, 1.165) is 58.0 Å². The number of carboxylic acids is 1. The summed E-state index contributed by atoms with van der Waals surface area (Å²) in [5.41, 5.74) is 0. The van der Waals surface area contributed by atoms with Crippen molar-refractivity contribution in [2.24, 2.45) is 0 Å². The summed E-state index contributed by atoms with van der Waals surface area (Å²) in [6, 6.07) is 0. The van der Waals surface area contributed by atoms with Gasteiger partial charge in [0.25, 0.3) is 0 Å². The summed E-state index contributed by atoms with van der Waals surface area (Å²) in [6.07, 6.45) is 15.7. The van der Waals surface area contributed by atoms with E-state index >= 15 is 0 Å². The number of carbonyl (C=O) groups is 2. The van der Waals surface area contributed by atoms with E-state index in [4.69, 9.17) is 19.3 Å². The number of carboxylic acid groups (broad SMARTS) is 1. The molecule has 2 fully saturated rings. The number of carbonyl (C=O) groups excluding carboxylic acids is 1. The molecule has 0 amide bonds. The number of esters is 1. The Morgan fingerprint density at radius 2 is 1.36 bits per heavy atom. The van der Waals surface area contributed by atoms with Crippen molar-refractivity contribution in [1.82, 2.24) is 0 Å². The smallest absolute Gasteiger partial charge is 0.306 e. The van der Waals surface area contributed by atoms with Crippen LogP contribution in [0.5, 0.6) is 0 Å². The molecule has 1 N–H and O–H groups in total. The molecule has 2 heterocycles. The van der Waals surface area contributed by atoms with Gasteiger partial charge in [0.1, 0.15) is 12.2 Å². The molecule has 0 spiro atoms. The maximum absolute atomic E-state index is 11.9. The lowest BCUT2D eigenvalue weighted by Crippen LogP contribution is -2.19. The lowest BCUT2D eigenvalue weighted by Gasteiger charge is -2.18. The van der Waals surface area contributed by atoms with Gasteiger partial charge in [0.05, 0.1) is 12.8 Å². The lowest BCUT2D eigenvalue weighted by atomic mass is 10.0. The van der Waals surface area contributed by atoms with Gasteiger partial charge in [-0.15, -0.1) is 0 Å². The molecule has 0 bridgehead atoms. The van der Waals surface area contributed by atoms with Crippen molar-refractivity contribution in [3.05, 3.63) is 0 Å². The Morgan fingerprint density at radius 3 is 2.04 bits per heavy atom. The van der Waals surface area contributed by atoms with Gasteiger partial charge < -0.3 is 19.3 Å². The molecule has 0 radical (unpaired) electrons. The van der Waals surface area contributed by atoms with E-state index < -0.39 is 5.97 Å². The number of hydrogen-bond acceptors (Lipinski definition) is 5. The summed E-state index contributed by atoms with van der Waals surface area (Å²) in [6.45, 7) is 0.816. The van der Waals surface area contributed by atoms with Crippen molar-refractivity contribution in [3.8, 4) is 0 Å². The van der Waals surface area contributed by atoms with Crippen molar-refractivity contribution in [2.75, 3.05) is 6.61 Å². The van der Waals surface area contributed by atoms with E-state index in [-0.39, 0.29) is 37.3 Å². The molecular weight excluding hydrogens is 360 g/mol. The maximum atomic E-state index is 11.9. The zero-order chi connectivity index (χ0) is 20.0. The van der Waals surface area contributed by atoms with Crippen molar-refractivity contribution in [2.45, 2.75) is 121 Å². The Labute approximate surface area is 169 Å². The zero-order valence-corrected chi connectivity index (χ0v) is 17.2. The molecule has 0 aromatic heterocycles. The van der Waals surface area contributed by atoms with Crippen LogP contribution in [-0.4, -0.2) is 42.1 Å². The van der Waals surface area contributed by atoms with Crippen LogP contribution in [0.15, 0.2) is 0 Å². The first-order valence-corrected chi connectivity index (χ1v) is 11.3. The SMILES string of the molecule is O=C(O)CCC(=O)OC1CCCCCCCCCCOC2OC2CCCCC1. The largest absolute Gasteiger partial charge is 0.481 e. The third kappa shape index (κ3) is 11.0. The maximum Gasteiger partial charge on any atom is 0.306 e. The van der Waals surface area contributed by atoms with Crippen LogP contribution in [0.1, 0.15) is 103 Å². The molecule has 0 aromatic carbocycles. The quantitative estimate of drug-likeness (QED) is 0.531. The summed E-state index contributed by atoms with van der Waals surface area (Å²) in [7, 11) is 0. The minimum Gasteiger partial charge on any atom is -0.481 e. The monoisotopic (exact) mass is 398 g/mol. The zero-order valence-electron chi connectivity index (χ0n) is 17.2. The van der Waals surface area contributed by atoms with Gasteiger partial charge in [0.2, 0.25) is 0 Å². The van der Waals surface area contributed by atoms with E-state index in [9.17, 15) is 9.59 Å². The molecule has 28 heavy (non-hydrogen) atoms. The van der Waals surface area contributed by atoms with E-state index in [1.807, 2.05) is 0 Å². The molecule has 0 aromatic rings. The first-order valence-electron chi connectivity index (χ1n) is 11.3. The van der Waals surface area contributed by atoms with Crippen LogP contribution in [0.3, 0.4) is 0 Å². The van der Waals surface area contributed by atoms with Crippen molar-refractivity contribution >= 4 is 11.9 Å². The summed E-state index contributed by atoms with van der Waals surface area (Å²) in [5, 5.41) is 8.72. The molecule has 2 rings (SSSR count). The molecule has 3 unspecified atom stereocenters. The van der Waals surface area contributed by atoms with Crippen molar-refractivity contribution < 1.29 is 28.9 Å². The molecule has 0 aliphatic carbocycles. The van der Waals surface area contributed by atoms with Crippen LogP contribution in [0.25, 0.3) is 0 Å². The van der Waals surface area contributed by atoms with Crippen molar-refractivity contribution in [3.63, 3.8) is 0 Å². The average Bonchev–Trinajstić information content (AvgIpc) is 3.41. The second kappa shape index (κ2) is 13.9. The van der Waals surface area contributed by atoms with E-state index in [2.05, 4.69) is 0 Å². The Morgan fingerprint density at radius 1 is 0.786 bits per heavy atom. The van der Waals surface area contributed by atoms with Gasteiger partial charge in [-0.3, -0.25) is 9.59 Å². The highest BCUT2D eigenvalue weighted by Gasteiger charge is 2.38. The summed E-state index contributed by atoms with van der Waals surface area (Å²) in [5.74, 6) is -1.33. The number of hydrogen-bond donors (Lipinski definition) is 1. The molecular formula is C22H38O6. The number of ether oxygens (including phenoxy) is 3. The standard InChI is InChI=1S/C22H38O6/c23-20(24)15-16-21(25)27-18-12-8-5-3-1-2-4-6-11-17-26-22-19(28-22)14-10-7-9-13-18/h18-19,22H,1-17H2,(H,23,24). The van der Waals surface area contributed by atoms with Crippen LogP contribution in [0, 0.1) is 0 Å². The van der Waals surface area contributed by atoms with Crippen LogP contribution in [0.2, 0.25) is 0 Å². The van der Waals surface area contributed by atoms with Gasteiger partial charge in [-0.25, -0.2) is 0 Å².